The lowest BCUT2D eigenvalue weighted by molar-refractivity contribution is -0.113. The minimum Gasteiger partial charge on any atom is -0.324 e. The van der Waals surface area contributed by atoms with Crippen molar-refractivity contribution >= 4 is 57.9 Å². The Morgan fingerprint density at radius 2 is 1.88 bits per heavy atom. The molecule has 5 nitrogen and oxygen atoms in total. The van der Waals surface area contributed by atoms with Crippen molar-refractivity contribution in [2.24, 2.45) is 0 Å². The van der Waals surface area contributed by atoms with E-state index in [9.17, 15) is 4.79 Å². The van der Waals surface area contributed by atoms with Crippen molar-refractivity contribution in [3.63, 3.8) is 0 Å². The van der Waals surface area contributed by atoms with Gasteiger partial charge in [0.25, 0.3) is 0 Å². The Hall–Kier alpha value is -2.32. The Labute approximate surface area is 211 Å². The van der Waals surface area contributed by atoms with Gasteiger partial charge in [0.2, 0.25) is 5.91 Å². The van der Waals surface area contributed by atoms with Crippen LogP contribution in [0.15, 0.2) is 53.0 Å². The van der Waals surface area contributed by atoms with Gasteiger partial charge in [-0.25, -0.2) is 0 Å². The first-order chi connectivity index (χ1) is 15.9. The summed E-state index contributed by atoms with van der Waals surface area (Å²) in [6.45, 7) is 6.94. The molecule has 170 valence electrons. The summed E-state index contributed by atoms with van der Waals surface area (Å²) < 4.78 is 2.05. The summed E-state index contributed by atoms with van der Waals surface area (Å²) in [4.78, 5) is 13.7. The van der Waals surface area contributed by atoms with Crippen LogP contribution in [0.2, 0.25) is 10.0 Å². The molecule has 9 heteroatoms. The second-order valence-corrected chi connectivity index (χ2v) is 10.3. The number of nitrogens with one attached hydrogen (secondary N) is 1. The molecule has 4 aromatic rings. The van der Waals surface area contributed by atoms with Crippen molar-refractivity contribution in [1.82, 2.24) is 14.8 Å². The number of hydrogen-bond donors (Lipinski definition) is 1. The maximum absolute atomic E-state index is 12.5. The molecule has 2 heterocycles. The van der Waals surface area contributed by atoms with Gasteiger partial charge in [0.15, 0.2) is 11.0 Å². The van der Waals surface area contributed by atoms with Gasteiger partial charge in [-0.1, -0.05) is 64.8 Å². The molecule has 0 aliphatic rings. The monoisotopic (exact) mass is 516 g/mol. The lowest BCUT2D eigenvalue weighted by atomic mass is 10.0. The predicted molar refractivity (Wildman–Crippen MR) is 140 cm³/mol. The van der Waals surface area contributed by atoms with Crippen LogP contribution in [0.5, 0.6) is 0 Å². The van der Waals surface area contributed by atoms with E-state index in [0.717, 1.165) is 17.0 Å². The fourth-order valence-corrected chi connectivity index (χ4v) is 5.49. The van der Waals surface area contributed by atoms with Crippen LogP contribution < -0.4 is 5.32 Å². The highest BCUT2D eigenvalue weighted by Gasteiger charge is 2.20. The molecule has 0 saturated carbocycles. The molecule has 0 radical (unpaired) electrons. The minimum atomic E-state index is -0.192. The summed E-state index contributed by atoms with van der Waals surface area (Å²) in [6.07, 6.45) is 0. The molecule has 0 aliphatic carbocycles. The number of anilines is 1. The van der Waals surface area contributed by atoms with E-state index in [1.165, 1.54) is 27.8 Å². The largest absolute Gasteiger partial charge is 0.324 e. The number of amides is 1. The van der Waals surface area contributed by atoms with Gasteiger partial charge in [0.1, 0.15) is 0 Å². The first-order valence-electron chi connectivity index (χ1n) is 10.3. The average molecular weight is 518 g/mol. The van der Waals surface area contributed by atoms with Crippen molar-refractivity contribution < 1.29 is 4.79 Å². The number of aromatic nitrogens is 3. The summed E-state index contributed by atoms with van der Waals surface area (Å²) in [5, 5.41) is 15.4. The van der Waals surface area contributed by atoms with E-state index in [2.05, 4.69) is 59.0 Å². The summed E-state index contributed by atoms with van der Waals surface area (Å²) in [5.74, 6) is 0.787. The summed E-state index contributed by atoms with van der Waals surface area (Å²) in [5.41, 5.74) is 5.10. The number of rotatable bonds is 7. The number of benzene rings is 2. The van der Waals surface area contributed by atoms with Crippen molar-refractivity contribution in [2.45, 2.75) is 32.5 Å². The molecule has 4 rings (SSSR count). The molecule has 33 heavy (non-hydrogen) atoms. The zero-order valence-electron chi connectivity index (χ0n) is 18.4. The quantitative estimate of drug-likeness (QED) is 0.261. The zero-order chi connectivity index (χ0) is 23.5. The maximum atomic E-state index is 12.5. The van der Waals surface area contributed by atoms with Gasteiger partial charge in [-0.15, -0.1) is 21.5 Å². The Kier molecular flexibility index (Phi) is 7.44. The van der Waals surface area contributed by atoms with Gasteiger partial charge >= 0.3 is 0 Å². The highest BCUT2D eigenvalue weighted by Crippen LogP contribution is 2.39. The Morgan fingerprint density at radius 3 is 2.61 bits per heavy atom. The highest BCUT2D eigenvalue weighted by atomic mass is 35.5. The lowest BCUT2D eigenvalue weighted by Gasteiger charge is -2.10. The molecular weight excluding hydrogens is 495 g/mol. The van der Waals surface area contributed by atoms with Crippen LogP contribution in [0, 0.1) is 13.8 Å². The smallest absolute Gasteiger partial charge is 0.234 e. The standard InChI is InChI=1S/C24H22Cl2N4OS2/c1-4-30-23(18-12-32-15(3)22(18)16-7-5-14(2)6-8-16)28-29-24(30)33-13-21(31)27-20-11-17(25)9-10-19(20)26/h5-12H,4,13H2,1-3H3,(H,27,31). The molecule has 0 unspecified atom stereocenters. The van der Waals surface area contributed by atoms with Crippen LogP contribution in [-0.2, 0) is 11.3 Å². The zero-order valence-corrected chi connectivity index (χ0v) is 21.5. The summed E-state index contributed by atoms with van der Waals surface area (Å²) >= 11 is 15.2. The first-order valence-corrected chi connectivity index (χ1v) is 13.0. The number of hydrogen-bond acceptors (Lipinski definition) is 5. The number of halogens is 2. The van der Waals surface area contributed by atoms with E-state index in [4.69, 9.17) is 23.2 Å². The van der Waals surface area contributed by atoms with E-state index in [1.807, 2.05) is 11.5 Å². The summed E-state index contributed by atoms with van der Waals surface area (Å²) in [7, 11) is 0. The highest BCUT2D eigenvalue weighted by molar-refractivity contribution is 7.99. The lowest BCUT2D eigenvalue weighted by Crippen LogP contribution is -2.15. The first kappa shape index (κ1) is 23.8. The Balaban J connectivity index is 1.55. The van der Waals surface area contributed by atoms with E-state index in [1.54, 1.807) is 29.5 Å². The van der Waals surface area contributed by atoms with Crippen LogP contribution in [0.1, 0.15) is 17.4 Å². The second kappa shape index (κ2) is 10.3. The molecule has 2 aromatic heterocycles. The molecule has 0 atom stereocenters. The van der Waals surface area contributed by atoms with Crippen LogP contribution in [0.25, 0.3) is 22.5 Å². The fourth-order valence-electron chi connectivity index (χ4n) is 3.49. The number of nitrogens with zero attached hydrogens (tertiary/aromatic N) is 3. The molecule has 0 saturated heterocycles. The summed E-state index contributed by atoms with van der Waals surface area (Å²) in [6, 6.07) is 13.5. The Morgan fingerprint density at radius 1 is 1.12 bits per heavy atom. The molecule has 1 amide bonds. The van der Waals surface area contributed by atoms with Gasteiger partial charge in [0, 0.05) is 33.0 Å². The van der Waals surface area contributed by atoms with E-state index >= 15 is 0 Å². The number of thioether (sulfide) groups is 1. The topological polar surface area (TPSA) is 59.8 Å². The SMILES string of the molecule is CCn1c(SCC(=O)Nc2cc(Cl)ccc2Cl)nnc1-c1csc(C)c1-c1ccc(C)cc1. The fraction of sp³-hybridized carbons (Fsp3) is 0.208. The molecule has 0 aliphatic heterocycles. The van der Waals surface area contributed by atoms with Gasteiger partial charge in [-0.3, -0.25) is 4.79 Å². The van der Waals surface area contributed by atoms with Crippen molar-refractivity contribution in [3.05, 3.63) is 68.3 Å². The molecule has 0 fully saturated rings. The molecule has 0 spiro atoms. The van der Waals surface area contributed by atoms with E-state index in [-0.39, 0.29) is 11.7 Å². The number of aryl methyl sites for hydroxylation is 2. The van der Waals surface area contributed by atoms with Gasteiger partial charge in [-0.05, 0) is 44.5 Å². The van der Waals surface area contributed by atoms with Crippen LogP contribution in [-0.4, -0.2) is 26.4 Å². The third-order valence-electron chi connectivity index (χ3n) is 5.12. The van der Waals surface area contributed by atoms with Crippen molar-refractivity contribution in [3.8, 4) is 22.5 Å². The minimum absolute atomic E-state index is 0.175. The number of carbonyl (C=O) groups excluding carboxylic acids is 1. The predicted octanol–water partition coefficient (Wildman–Crippen LogP) is 7.35. The Bertz CT molecular complexity index is 1300. The maximum Gasteiger partial charge on any atom is 0.234 e. The van der Waals surface area contributed by atoms with Crippen LogP contribution >= 0.6 is 46.3 Å². The number of thiophene rings is 1. The van der Waals surface area contributed by atoms with Crippen LogP contribution in [0.4, 0.5) is 5.69 Å². The molecule has 1 N–H and O–H groups in total. The normalized spacial score (nSPS) is 11.1. The van der Waals surface area contributed by atoms with Crippen molar-refractivity contribution in [2.75, 3.05) is 11.1 Å². The van der Waals surface area contributed by atoms with Crippen LogP contribution in [0.3, 0.4) is 0 Å². The third kappa shape index (κ3) is 5.27. The molecular formula is C24H22Cl2N4OS2. The number of carbonyl (C=O) groups is 1. The third-order valence-corrected chi connectivity index (χ3v) is 7.57. The van der Waals surface area contributed by atoms with E-state index in [0.29, 0.717) is 27.4 Å². The molecule has 0 bridgehead atoms. The van der Waals surface area contributed by atoms with Gasteiger partial charge in [-0.2, -0.15) is 0 Å². The average Bonchev–Trinajstić information content (AvgIpc) is 3.38. The van der Waals surface area contributed by atoms with Gasteiger partial charge < -0.3 is 9.88 Å². The van der Waals surface area contributed by atoms with Crippen molar-refractivity contribution in [1.29, 1.82) is 0 Å². The van der Waals surface area contributed by atoms with Gasteiger partial charge in [0.05, 0.1) is 16.5 Å². The second-order valence-electron chi connectivity index (χ2n) is 7.46. The van der Waals surface area contributed by atoms with E-state index < -0.39 is 0 Å². The molecule has 2 aromatic carbocycles.